The maximum Gasteiger partial charge on any atom is 0.303 e. The fourth-order valence-electron chi connectivity index (χ4n) is 1.20. The van der Waals surface area contributed by atoms with Crippen LogP contribution < -0.4 is 0 Å². The van der Waals surface area contributed by atoms with Gasteiger partial charge in [-0.3, -0.25) is 4.79 Å². The second-order valence-corrected chi connectivity index (χ2v) is 3.64. The van der Waals surface area contributed by atoms with Gasteiger partial charge in [-0.25, -0.2) is 0 Å². The van der Waals surface area contributed by atoms with Crippen molar-refractivity contribution in [2.75, 3.05) is 13.2 Å². The molecule has 0 N–H and O–H groups in total. The molecule has 0 unspecified atom stereocenters. The molecule has 0 fully saturated rings. The highest BCUT2D eigenvalue weighted by Gasteiger charge is 1.88. The first kappa shape index (κ1) is 14.8. The zero-order chi connectivity index (χ0) is 13.8. The lowest BCUT2D eigenvalue weighted by Crippen LogP contribution is -1.97. The van der Waals surface area contributed by atoms with Crippen molar-refractivity contribution in [1.82, 2.24) is 0 Å². The van der Waals surface area contributed by atoms with Crippen LogP contribution in [-0.4, -0.2) is 19.2 Å². The number of carbonyl (C=O) groups is 1. The van der Waals surface area contributed by atoms with Gasteiger partial charge in [0.15, 0.2) is 6.61 Å². The summed E-state index contributed by atoms with van der Waals surface area (Å²) in [6, 6.07) is 9.94. The molecule has 0 saturated carbocycles. The Hall–Kier alpha value is -2.23. The summed E-state index contributed by atoms with van der Waals surface area (Å²) in [7, 11) is 0. The summed E-state index contributed by atoms with van der Waals surface area (Å²) in [6.07, 6.45) is 0.454. The minimum absolute atomic E-state index is 0.127. The predicted molar refractivity (Wildman–Crippen MR) is 72.9 cm³/mol. The molecule has 3 heteroatoms. The molecule has 98 valence electrons. The molecule has 0 aliphatic heterocycles. The van der Waals surface area contributed by atoms with E-state index in [0.717, 1.165) is 5.56 Å². The van der Waals surface area contributed by atoms with Crippen molar-refractivity contribution in [2.45, 2.75) is 20.0 Å². The van der Waals surface area contributed by atoms with Crippen molar-refractivity contribution in [2.24, 2.45) is 0 Å². The van der Waals surface area contributed by atoms with E-state index in [1.165, 1.54) is 6.92 Å². The first-order valence-electron chi connectivity index (χ1n) is 5.95. The van der Waals surface area contributed by atoms with Crippen LogP contribution >= 0.6 is 0 Å². The van der Waals surface area contributed by atoms with Crippen molar-refractivity contribution < 1.29 is 14.3 Å². The lowest BCUT2D eigenvalue weighted by Gasteiger charge is -1.98. The van der Waals surface area contributed by atoms with E-state index in [1.807, 2.05) is 30.3 Å². The molecule has 0 heterocycles. The van der Waals surface area contributed by atoms with Gasteiger partial charge in [-0.1, -0.05) is 54.0 Å². The molecule has 1 aromatic carbocycles. The summed E-state index contributed by atoms with van der Waals surface area (Å²) < 4.78 is 10.0. The Labute approximate surface area is 113 Å². The normalized spacial score (nSPS) is 8.68. The Morgan fingerprint density at radius 2 is 1.74 bits per heavy atom. The number of benzene rings is 1. The molecule has 0 aromatic heterocycles. The molecular weight excluding hydrogens is 240 g/mol. The fraction of sp³-hybridized carbons (Fsp3) is 0.312. The lowest BCUT2D eigenvalue weighted by atomic mass is 10.2. The number of ether oxygens (including phenoxy) is 2. The standard InChI is InChI=1S/C16H16O3/c1-15(17)19-13-9-4-2-3-8-12-18-14-16-10-6-5-7-11-16/h5-7,10-11H,2,12-14H2,1H3. The van der Waals surface area contributed by atoms with Crippen molar-refractivity contribution in [3.8, 4) is 23.7 Å². The molecule has 19 heavy (non-hydrogen) atoms. The average molecular weight is 256 g/mol. The summed E-state index contributed by atoms with van der Waals surface area (Å²) in [5.41, 5.74) is 1.13. The quantitative estimate of drug-likeness (QED) is 0.470. The molecular formula is C16H16O3. The first-order valence-corrected chi connectivity index (χ1v) is 5.95. The Kier molecular flexibility index (Phi) is 7.62. The van der Waals surface area contributed by atoms with Gasteiger partial charge in [0.2, 0.25) is 0 Å². The van der Waals surface area contributed by atoms with E-state index in [2.05, 4.69) is 28.4 Å². The number of hydrogen-bond acceptors (Lipinski definition) is 3. The highest BCUT2D eigenvalue weighted by molar-refractivity contribution is 5.66. The van der Waals surface area contributed by atoms with E-state index in [1.54, 1.807) is 0 Å². The maximum atomic E-state index is 10.4. The van der Waals surface area contributed by atoms with Crippen molar-refractivity contribution in [3.63, 3.8) is 0 Å². The fourth-order valence-corrected chi connectivity index (χ4v) is 1.20. The minimum Gasteiger partial charge on any atom is -0.453 e. The van der Waals surface area contributed by atoms with Gasteiger partial charge < -0.3 is 9.47 Å². The summed E-state index contributed by atoms with van der Waals surface area (Å²) in [5, 5.41) is 0. The molecule has 0 aliphatic carbocycles. The van der Waals surface area contributed by atoms with Crippen molar-refractivity contribution in [1.29, 1.82) is 0 Å². The highest BCUT2D eigenvalue weighted by atomic mass is 16.5. The summed E-state index contributed by atoms with van der Waals surface area (Å²) >= 11 is 0. The van der Waals surface area contributed by atoms with Gasteiger partial charge in [0.25, 0.3) is 0 Å². The van der Waals surface area contributed by atoms with Crippen LogP contribution in [0.2, 0.25) is 0 Å². The number of rotatable bonds is 4. The average Bonchev–Trinajstić information content (AvgIpc) is 2.42. The van der Waals surface area contributed by atoms with Crippen LogP contribution in [0, 0.1) is 23.7 Å². The Balaban J connectivity index is 2.07. The number of carbonyl (C=O) groups excluding carboxylic acids is 1. The highest BCUT2D eigenvalue weighted by Crippen LogP contribution is 1.99. The summed E-state index contributed by atoms with van der Waals surface area (Å²) in [4.78, 5) is 10.4. The molecule has 0 amide bonds. The van der Waals surface area contributed by atoms with Gasteiger partial charge in [0.1, 0.15) is 6.61 Å². The van der Waals surface area contributed by atoms with Gasteiger partial charge in [-0.05, 0) is 5.56 Å². The van der Waals surface area contributed by atoms with Crippen LogP contribution in [-0.2, 0) is 20.9 Å². The maximum absolute atomic E-state index is 10.4. The largest absolute Gasteiger partial charge is 0.453 e. The molecule has 0 aliphatic rings. The SMILES string of the molecule is CC(=O)OCC#CCC#CCOCc1ccccc1. The van der Waals surface area contributed by atoms with Gasteiger partial charge in [0, 0.05) is 6.92 Å². The number of hydrogen-bond donors (Lipinski definition) is 0. The van der Waals surface area contributed by atoms with Gasteiger partial charge in [0.05, 0.1) is 13.0 Å². The van der Waals surface area contributed by atoms with Crippen molar-refractivity contribution >= 4 is 5.97 Å². The van der Waals surface area contributed by atoms with Crippen LogP contribution in [0.1, 0.15) is 18.9 Å². The smallest absolute Gasteiger partial charge is 0.303 e. The Morgan fingerprint density at radius 3 is 2.42 bits per heavy atom. The van der Waals surface area contributed by atoms with Crippen LogP contribution in [0.25, 0.3) is 0 Å². The zero-order valence-electron chi connectivity index (χ0n) is 10.9. The second kappa shape index (κ2) is 9.76. The third kappa shape index (κ3) is 8.49. The van der Waals surface area contributed by atoms with Gasteiger partial charge in [-0.15, -0.1) is 0 Å². The Morgan fingerprint density at radius 1 is 1.05 bits per heavy atom. The van der Waals surface area contributed by atoms with Crippen LogP contribution in [0.3, 0.4) is 0 Å². The third-order valence-electron chi connectivity index (χ3n) is 2.06. The van der Waals surface area contributed by atoms with E-state index in [4.69, 9.17) is 4.74 Å². The number of esters is 1. The van der Waals surface area contributed by atoms with Crippen molar-refractivity contribution in [3.05, 3.63) is 35.9 Å². The second-order valence-electron chi connectivity index (χ2n) is 3.64. The molecule has 0 atom stereocenters. The van der Waals surface area contributed by atoms with E-state index in [-0.39, 0.29) is 12.6 Å². The lowest BCUT2D eigenvalue weighted by molar-refractivity contribution is -0.139. The first-order chi connectivity index (χ1) is 9.29. The molecule has 0 bridgehead atoms. The molecule has 3 nitrogen and oxygen atoms in total. The molecule has 0 radical (unpaired) electrons. The topological polar surface area (TPSA) is 35.5 Å². The van der Waals surface area contributed by atoms with E-state index in [9.17, 15) is 4.79 Å². The van der Waals surface area contributed by atoms with E-state index < -0.39 is 0 Å². The van der Waals surface area contributed by atoms with Crippen LogP contribution in [0.4, 0.5) is 0 Å². The van der Waals surface area contributed by atoms with Crippen LogP contribution in [0.15, 0.2) is 30.3 Å². The third-order valence-corrected chi connectivity index (χ3v) is 2.06. The summed E-state index contributed by atoms with van der Waals surface area (Å²) in [5.74, 6) is 10.9. The van der Waals surface area contributed by atoms with Gasteiger partial charge >= 0.3 is 5.97 Å². The van der Waals surface area contributed by atoms with E-state index in [0.29, 0.717) is 19.6 Å². The van der Waals surface area contributed by atoms with Gasteiger partial charge in [-0.2, -0.15) is 0 Å². The van der Waals surface area contributed by atoms with Crippen LogP contribution in [0.5, 0.6) is 0 Å². The molecule has 1 aromatic rings. The molecule has 0 saturated heterocycles. The Bertz CT molecular complexity index is 498. The molecule has 0 spiro atoms. The zero-order valence-corrected chi connectivity index (χ0v) is 10.9. The predicted octanol–water partition coefficient (Wildman–Crippen LogP) is 2.16. The minimum atomic E-state index is -0.324. The monoisotopic (exact) mass is 256 g/mol. The van der Waals surface area contributed by atoms with E-state index >= 15 is 0 Å². The molecule has 1 rings (SSSR count). The summed E-state index contributed by atoms with van der Waals surface area (Å²) in [6.45, 7) is 2.43.